The molecule has 3 aromatic rings. The molecule has 0 aliphatic carbocycles. The van der Waals surface area contributed by atoms with Gasteiger partial charge in [0.25, 0.3) is 0 Å². The van der Waals surface area contributed by atoms with Gasteiger partial charge in [0.05, 0.1) is 24.3 Å². The predicted molar refractivity (Wildman–Crippen MR) is 216 cm³/mol. The summed E-state index contributed by atoms with van der Waals surface area (Å²) in [4.78, 5) is 31.9. The molecule has 0 atom stereocenters. The summed E-state index contributed by atoms with van der Waals surface area (Å²) >= 11 is 0. The standard InChI is InChI=1S/C10H9N4O2.C10H9NO2.2C6H15P.C4H8O.2Au.B.N3/c1-2-16-10(15)7-3-4-8(11-5-7)9-6-12-14-13-9;1-3-9-6-5-8(7-11-9)10(12)13-4-2;2*1-4-7(5-2)6-3;1-2-4-5-3-1;;;;1-3-2/h3-5H,2H2,1H3,(H,12,13,14);1,5-7H,4H2,2H3;2*4-6H2,1-3H3;1-4H2;;;;/q-1;;;;;2*+1;;-1. The summed E-state index contributed by atoms with van der Waals surface area (Å²) in [6.07, 6.45) is 21.7. The molecule has 0 unspecified atom stereocenters. The van der Waals surface area contributed by atoms with Crippen LogP contribution in [0.4, 0.5) is 0 Å². The van der Waals surface area contributed by atoms with E-state index in [0.29, 0.717) is 57.3 Å². The van der Waals surface area contributed by atoms with Crippen LogP contribution in [0.15, 0.2) is 36.7 Å². The third-order valence-corrected chi connectivity index (χ3v) is 12.2. The second-order valence-electron chi connectivity index (χ2n) is 9.90. The zero-order valence-corrected chi connectivity index (χ0v) is 38.9. The summed E-state index contributed by atoms with van der Waals surface area (Å²) in [6, 6.07) is 6.51. The Morgan fingerprint density at radius 2 is 1.24 bits per heavy atom. The predicted octanol–water partition coefficient (Wildman–Crippen LogP) is 8.42. The largest absolute Gasteiger partial charge is 1.00 e. The van der Waals surface area contributed by atoms with Gasteiger partial charge >= 0.3 is 56.7 Å². The molecular weight excluding hydrogens is 1090 g/mol. The van der Waals surface area contributed by atoms with Crippen LogP contribution in [0.1, 0.15) is 94.6 Å². The Kier molecular flexibility index (Phi) is 48.8. The number of nitrogens with one attached hydrogen (secondary N) is 1. The number of carbonyl (C=O) groups excluding carboxylic acids is 2. The molecule has 13 nitrogen and oxygen atoms in total. The molecule has 18 heteroatoms. The van der Waals surface area contributed by atoms with Crippen molar-refractivity contribution in [3.8, 4) is 23.7 Å². The van der Waals surface area contributed by atoms with Crippen molar-refractivity contribution in [2.75, 3.05) is 63.4 Å². The fraction of sp³-hybridized carbons (Fsp3) is 0.556. The molecule has 1 aliphatic rings. The van der Waals surface area contributed by atoms with Gasteiger partial charge in [0, 0.05) is 34.0 Å². The molecule has 0 aromatic carbocycles. The molecular formula is C36H56Au2BN8O5P2. The minimum Gasteiger partial charge on any atom is -0.462 e. The molecule has 3 radical (unpaired) electrons. The molecule has 0 bridgehead atoms. The van der Waals surface area contributed by atoms with Crippen molar-refractivity contribution < 1.29 is 68.6 Å². The van der Waals surface area contributed by atoms with E-state index in [-0.39, 0.29) is 65.1 Å². The van der Waals surface area contributed by atoms with Gasteiger partial charge in [-0.05, 0) is 75.8 Å². The molecule has 1 aliphatic heterocycles. The van der Waals surface area contributed by atoms with Gasteiger partial charge in [-0.1, -0.05) is 76.3 Å². The molecule has 4 rings (SSSR count). The van der Waals surface area contributed by atoms with Crippen LogP contribution in [0.25, 0.3) is 27.4 Å². The summed E-state index contributed by atoms with van der Waals surface area (Å²) in [7, 11) is 0.892. The van der Waals surface area contributed by atoms with Crippen LogP contribution < -0.4 is 0 Å². The van der Waals surface area contributed by atoms with E-state index in [1.165, 1.54) is 67.1 Å². The molecule has 0 spiro atoms. The van der Waals surface area contributed by atoms with Crippen LogP contribution in [0.5, 0.6) is 0 Å². The Hall–Kier alpha value is -2.38. The SMILES string of the molecule is C#Cc1ccc(C(=O)OCC)cn1.C1CCOC1.CCOC(=O)c1ccc(-c2[c-]nn[nH]2)nc1.CCP(CC)CC.CCP(CC)CC.[Au+].[Au+].[B].[N-]=[N+]=[N-]. The van der Waals surface area contributed by atoms with E-state index in [2.05, 4.69) is 79.0 Å². The van der Waals surface area contributed by atoms with Crippen molar-refractivity contribution in [1.82, 2.24) is 25.4 Å². The third-order valence-electron chi connectivity index (χ3n) is 6.84. The van der Waals surface area contributed by atoms with E-state index in [1.807, 2.05) is 0 Å². The first-order valence-electron chi connectivity index (χ1n) is 17.2. The summed E-state index contributed by atoms with van der Waals surface area (Å²) in [5.74, 6) is 1.60. The molecule has 1 fully saturated rings. The Labute approximate surface area is 359 Å². The molecule has 54 heavy (non-hydrogen) atoms. The number of nitrogens with zero attached hydrogens (tertiary/aromatic N) is 7. The minimum atomic E-state index is -0.381. The van der Waals surface area contributed by atoms with Gasteiger partial charge in [0.2, 0.25) is 0 Å². The monoisotopic (exact) mass is 1150 g/mol. The number of carbonyl (C=O) groups is 2. The van der Waals surface area contributed by atoms with E-state index in [9.17, 15) is 9.59 Å². The van der Waals surface area contributed by atoms with Crippen LogP contribution in [0, 0.1) is 18.5 Å². The summed E-state index contributed by atoms with van der Waals surface area (Å²) < 4.78 is 14.6. The van der Waals surface area contributed by atoms with Crippen molar-refractivity contribution in [3.63, 3.8) is 0 Å². The third kappa shape index (κ3) is 30.9. The molecule has 305 valence electrons. The van der Waals surface area contributed by atoms with Crippen LogP contribution in [-0.4, -0.2) is 109 Å². The molecule has 0 saturated carbocycles. The normalized spacial score (nSPS) is 10.2. The Balaban J connectivity index is -0.000000190. The number of ether oxygens (including phenoxy) is 3. The van der Waals surface area contributed by atoms with Crippen molar-refractivity contribution in [2.45, 2.75) is 68.2 Å². The average molecular weight is 1150 g/mol. The molecule has 1 saturated heterocycles. The smallest absolute Gasteiger partial charge is 0.462 e. The van der Waals surface area contributed by atoms with E-state index in [0.717, 1.165) is 13.2 Å². The number of H-pyrrole nitrogens is 1. The van der Waals surface area contributed by atoms with Crippen LogP contribution in [0.2, 0.25) is 0 Å². The maximum atomic E-state index is 11.3. The maximum absolute atomic E-state index is 11.3. The van der Waals surface area contributed by atoms with Gasteiger partial charge in [0.15, 0.2) is 0 Å². The van der Waals surface area contributed by atoms with Crippen molar-refractivity contribution in [3.05, 3.63) is 75.7 Å². The van der Waals surface area contributed by atoms with E-state index in [1.54, 1.807) is 38.1 Å². The van der Waals surface area contributed by atoms with Crippen LogP contribution >= 0.6 is 15.8 Å². The van der Waals surface area contributed by atoms with Gasteiger partial charge in [-0.3, -0.25) is 10.0 Å². The number of rotatable bonds is 11. The van der Waals surface area contributed by atoms with Gasteiger partial charge in [0.1, 0.15) is 5.69 Å². The molecule has 1 N–H and O–H groups in total. The van der Waals surface area contributed by atoms with Crippen molar-refractivity contribution >= 4 is 36.2 Å². The zero-order valence-electron chi connectivity index (χ0n) is 32.8. The Bertz CT molecular complexity index is 1330. The van der Waals surface area contributed by atoms with Gasteiger partial charge in [-0.15, -0.1) is 28.3 Å². The molecule has 4 heterocycles. The number of aromatic amines is 1. The summed E-state index contributed by atoms with van der Waals surface area (Å²) in [5, 5.41) is 9.68. The molecule has 3 aromatic heterocycles. The number of hydrogen-bond acceptors (Lipinski definition) is 9. The van der Waals surface area contributed by atoms with Crippen molar-refractivity contribution in [2.24, 2.45) is 0 Å². The zero-order chi connectivity index (χ0) is 38.7. The Morgan fingerprint density at radius 1 is 0.815 bits per heavy atom. The quantitative estimate of drug-likeness (QED) is 0.0287. The van der Waals surface area contributed by atoms with Gasteiger partial charge in [-0.25, -0.2) is 19.7 Å². The number of pyridine rings is 2. The van der Waals surface area contributed by atoms with Gasteiger partial charge in [-0.2, -0.15) is 0 Å². The second-order valence-corrected chi connectivity index (χ2v) is 16.4. The summed E-state index contributed by atoms with van der Waals surface area (Å²) in [5.41, 5.74) is 16.0. The Morgan fingerprint density at radius 3 is 1.48 bits per heavy atom. The minimum absolute atomic E-state index is 0. The first-order valence-corrected chi connectivity index (χ1v) is 21.0. The molecule has 0 amide bonds. The van der Waals surface area contributed by atoms with Crippen LogP contribution in [-0.2, 0) is 59.0 Å². The van der Waals surface area contributed by atoms with E-state index >= 15 is 0 Å². The topological polar surface area (TPSA) is 188 Å². The van der Waals surface area contributed by atoms with Crippen LogP contribution in [0.3, 0.4) is 0 Å². The van der Waals surface area contributed by atoms with Gasteiger partial charge < -0.3 is 30.3 Å². The summed E-state index contributed by atoms with van der Waals surface area (Å²) in [6.45, 7) is 20.0. The van der Waals surface area contributed by atoms with E-state index in [4.69, 9.17) is 31.7 Å². The number of esters is 2. The average Bonchev–Trinajstić information content (AvgIpc) is 3.94. The maximum Gasteiger partial charge on any atom is 1.00 e. The fourth-order valence-electron chi connectivity index (χ4n) is 3.83. The fourth-order valence-corrected chi connectivity index (χ4v) is 6.52. The van der Waals surface area contributed by atoms with Crippen molar-refractivity contribution in [1.29, 1.82) is 0 Å². The number of terminal acetylenes is 1. The first-order chi connectivity index (χ1) is 24.7. The number of hydrogen-bond donors (Lipinski definition) is 1. The second kappa shape index (κ2) is 43.3. The number of aromatic nitrogens is 5. The van der Waals surface area contributed by atoms with E-state index < -0.39 is 0 Å². The first kappa shape index (κ1) is 60.9.